The van der Waals surface area contributed by atoms with Gasteiger partial charge in [-0.15, -0.1) is 0 Å². The third-order valence-electron chi connectivity index (χ3n) is 5.29. The summed E-state index contributed by atoms with van der Waals surface area (Å²) in [6, 6.07) is 15.5. The van der Waals surface area contributed by atoms with Crippen molar-refractivity contribution in [3.8, 4) is 0 Å². The number of aromatic nitrogens is 2. The fraction of sp³-hybridized carbons (Fsp3) is 0.318. The van der Waals surface area contributed by atoms with Gasteiger partial charge in [0.1, 0.15) is 0 Å². The molecule has 0 saturated carbocycles. The number of benzene rings is 2. The predicted molar refractivity (Wildman–Crippen MR) is 109 cm³/mol. The number of H-pyrrole nitrogens is 1. The number of carbonyl (C=O) groups is 1. The monoisotopic (exact) mass is 376 g/mol. The molecule has 2 heterocycles. The minimum Gasteiger partial charge on any atom is -0.352 e. The van der Waals surface area contributed by atoms with Crippen molar-refractivity contribution in [3.63, 3.8) is 0 Å². The fourth-order valence-corrected chi connectivity index (χ4v) is 3.78. The third kappa shape index (κ3) is 4.12. The first-order chi connectivity index (χ1) is 13.7. The molecule has 1 aliphatic rings. The predicted octanol–water partition coefficient (Wildman–Crippen LogP) is 2.38. The van der Waals surface area contributed by atoms with Crippen LogP contribution in [-0.2, 0) is 24.3 Å². The largest absolute Gasteiger partial charge is 0.352 e. The lowest BCUT2D eigenvalue weighted by atomic mass is 10.1. The van der Waals surface area contributed by atoms with Crippen molar-refractivity contribution in [2.45, 2.75) is 32.4 Å². The number of likely N-dealkylation sites (tertiary alicyclic amines) is 1. The molecule has 1 amide bonds. The van der Waals surface area contributed by atoms with E-state index >= 15 is 0 Å². The van der Waals surface area contributed by atoms with E-state index in [-0.39, 0.29) is 17.9 Å². The smallest absolute Gasteiger partial charge is 0.272 e. The lowest BCUT2D eigenvalue weighted by molar-refractivity contribution is -0.120. The maximum absolute atomic E-state index is 12.5. The molecule has 6 heteroatoms. The summed E-state index contributed by atoms with van der Waals surface area (Å²) < 4.78 is 0. The Balaban J connectivity index is 1.43. The highest BCUT2D eigenvalue weighted by Crippen LogP contribution is 2.16. The van der Waals surface area contributed by atoms with Gasteiger partial charge in [-0.3, -0.25) is 14.5 Å². The molecule has 1 fully saturated rings. The van der Waals surface area contributed by atoms with E-state index in [0.29, 0.717) is 17.6 Å². The average molecular weight is 376 g/mol. The van der Waals surface area contributed by atoms with Crippen LogP contribution < -0.4 is 10.9 Å². The van der Waals surface area contributed by atoms with Crippen LogP contribution in [0.4, 0.5) is 0 Å². The van der Waals surface area contributed by atoms with Crippen LogP contribution in [0.3, 0.4) is 0 Å². The molecule has 0 unspecified atom stereocenters. The molecule has 0 aliphatic carbocycles. The lowest BCUT2D eigenvalue weighted by Gasteiger charge is -2.17. The Hall–Kier alpha value is -2.99. The number of hydrogen-bond donors (Lipinski definition) is 2. The number of amides is 1. The SMILES string of the molecule is O=C(Cc1n[nH]c(=O)c2ccccc12)NCc1ccccc1CN1CCCC1. The second-order valence-electron chi connectivity index (χ2n) is 7.25. The van der Waals surface area contributed by atoms with Crippen LogP contribution in [-0.4, -0.2) is 34.1 Å². The molecule has 1 aliphatic heterocycles. The number of rotatable bonds is 6. The number of hydrogen-bond acceptors (Lipinski definition) is 4. The summed E-state index contributed by atoms with van der Waals surface area (Å²) in [7, 11) is 0. The van der Waals surface area contributed by atoms with Crippen LogP contribution in [0.15, 0.2) is 53.3 Å². The van der Waals surface area contributed by atoms with Gasteiger partial charge in [0, 0.05) is 18.5 Å². The molecule has 2 N–H and O–H groups in total. The zero-order valence-corrected chi connectivity index (χ0v) is 15.8. The Morgan fingerprint density at radius 3 is 2.46 bits per heavy atom. The van der Waals surface area contributed by atoms with Gasteiger partial charge in [0.05, 0.1) is 17.5 Å². The zero-order chi connectivity index (χ0) is 19.3. The van der Waals surface area contributed by atoms with Gasteiger partial charge < -0.3 is 5.32 Å². The van der Waals surface area contributed by atoms with Crippen molar-refractivity contribution in [3.05, 3.63) is 75.7 Å². The molecule has 6 nitrogen and oxygen atoms in total. The second kappa shape index (κ2) is 8.35. The lowest BCUT2D eigenvalue weighted by Crippen LogP contribution is -2.27. The van der Waals surface area contributed by atoms with Crippen LogP contribution >= 0.6 is 0 Å². The van der Waals surface area contributed by atoms with E-state index in [4.69, 9.17) is 0 Å². The molecule has 1 aromatic heterocycles. The van der Waals surface area contributed by atoms with Crippen molar-refractivity contribution in [2.24, 2.45) is 0 Å². The number of nitrogens with one attached hydrogen (secondary N) is 2. The van der Waals surface area contributed by atoms with E-state index in [0.717, 1.165) is 30.6 Å². The molecular formula is C22H24N4O2. The van der Waals surface area contributed by atoms with Gasteiger partial charge in [-0.25, -0.2) is 5.10 Å². The fourth-order valence-electron chi connectivity index (χ4n) is 3.78. The Kier molecular flexibility index (Phi) is 5.48. The Labute approximate surface area is 163 Å². The summed E-state index contributed by atoms with van der Waals surface area (Å²) in [5.41, 5.74) is 2.74. The normalized spacial score (nSPS) is 14.4. The molecule has 0 bridgehead atoms. The van der Waals surface area contributed by atoms with Gasteiger partial charge in [-0.1, -0.05) is 42.5 Å². The van der Waals surface area contributed by atoms with Gasteiger partial charge in [0.25, 0.3) is 5.56 Å². The van der Waals surface area contributed by atoms with E-state index in [2.05, 4.69) is 32.5 Å². The molecule has 0 spiro atoms. The maximum Gasteiger partial charge on any atom is 0.272 e. The van der Waals surface area contributed by atoms with Gasteiger partial charge in [0.2, 0.25) is 5.91 Å². The van der Waals surface area contributed by atoms with Gasteiger partial charge in [0.15, 0.2) is 0 Å². The highest BCUT2D eigenvalue weighted by Gasteiger charge is 2.14. The number of aromatic amines is 1. The number of nitrogens with zero attached hydrogens (tertiary/aromatic N) is 2. The summed E-state index contributed by atoms with van der Waals surface area (Å²) in [6.45, 7) is 3.71. The molecule has 144 valence electrons. The summed E-state index contributed by atoms with van der Waals surface area (Å²) >= 11 is 0. The summed E-state index contributed by atoms with van der Waals surface area (Å²) in [5, 5.41) is 10.8. The molecular weight excluding hydrogens is 352 g/mol. The first-order valence-corrected chi connectivity index (χ1v) is 9.73. The van der Waals surface area contributed by atoms with Crippen molar-refractivity contribution < 1.29 is 4.79 Å². The molecule has 4 rings (SSSR count). The van der Waals surface area contributed by atoms with Crippen molar-refractivity contribution >= 4 is 16.7 Å². The topological polar surface area (TPSA) is 78.1 Å². The molecule has 28 heavy (non-hydrogen) atoms. The van der Waals surface area contributed by atoms with Gasteiger partial charge >= 0.3 is 0 Å². The summed E-state index contributed by atoms with van der Waals surface area (Å²) in [6.07, 6.45) is 2.66. The minimum atomic E-state index is -0.240. The Morgan fingerprint density at radius 1 is 1.00 bits per heavy atom. The standard InChI is InChI=1S/C22H24N4O2/c27-21(13-20-18-9-3-4-10-19(18)22(28)25-24-20)23-14-16-7-1-2-8-17(16)15-26-11-5-6-12-26/h1-4,7-10H,5-6,11-15H2,(H,23,27)(H,25,28). The number of carbonyl (C=O) groups excluding carboxylic acids is 1. The van der Waals surface area contributed by atoms with E-state index in [1.807, 2.05) is 24.3 Å². The minimum absolute atomic E-state index is 0.110. The van der Waals surface area contributed by atoms with E-state index < -0.39 is 0 Å². The summed E-state index contributed by atoms with van der Waals surface area (Å²) in [4.78, 5) is 26.9. The highest BCUT2D eigenvalue weighted by molar-refractivity contribution is 5.88. The van der Waals surface area contributed by atoms with Gasteiger partial charge in [-0.2, -0.15) is 5.10 Å². The Morgan fingerprint density at radius 2 is 1.68 bits per heavy atom. The van der Waals surface area contributed by atoms with Crippen molar-refractivity contribution in [2.75, 3.05) is 13.1 Å². The molecule has 3 aromatic rings. The van der Waals surface area contributed by atoms with E-state index in [1.54, 1.807) is 12.1 Å². The Bertz CT molecular complexity index is 1040. The van der Waals surface area contributed by atoms with Crippen molar-refractivity contribution in [1.29, 1.82) is 0 Å². The average Bonchev–Trinajstić information content (AvgIpc) is 3.23. The van der Waals surface area contributed by atoms with Crippen LogP contribution in [0.1, 0.15) is 29.7 Å². The highest BCUT2D eigenvalue weighted by atomic mass is 16.1. The molecule has 0 atom stereocenters. The summed E-state index contributed by atoms with van der Waals surface area (Å²) in [5.74, 6) is -0.110. The van der Waals surface area contributed by atoms with E-state index in [1.165, 1.54) is 18.4 Å². The quantitative estimate of drug-likeness (QED) is 0.692. The molecule has 2 aromatic carbocycles. The van der Waals surface area contributed by atoms with Crippen molar-refractivity contribution in [1.82, 2.24) is 20.4 Å². The van der Waals surface area contributed by atoms with E-state index in [9.17, 15) is 9.59 Å². The van der Waals surface area contributed by atoms with Crippen LogP contribution in [0.5, 0.6) is 0 Å². The molecule has 0 radical (unpaired) electrons. The first kappa shape index (κ1) is 18.4. The first-order valence-electron chi connectivity index (χ1n) is 9.73. The van der Waals surface area contributed by atoms with Gasteiger partial charge in [-0.05, 0) is 43.1 Å². The molecule has 1 saturated heterocycles. The second-order valence-corrected chi connectivity index (χ2v) is 7.25. The maximum atomic E-state index is 12.5. The zero-order valence-electron chi connectivity index (χ0n) is 15.8. The van der Waals surface area contributed by atoms with Crippen LogP contribution in [0.25, 0.3) is 10.8 Å². The number of fused-ring (bicyclic) bond motifs is 1. The van der Waals surface area contributed by atoms with Crippen LogP contribution in [0, 0.1) is 0 Å². The third-order valence-corrected chi connectivity index (χ3v) is 5.29. The van der Waals surface area contributed by atoms with Crippen LogP contribution in [0.2, 0.25) is 0 Å².